The van der Waals surface area contributed by atoms with Gasteiger partial charge in [-0.15, -0.1) is 0 Å². The van der Waals surface area contributed by atoms with Crippen molar-refractivity contribution in [2.45, 2.75) is 11.8 Å². The third-order valence-electron chi connectivity index (χ3n) is 3.61. The molecule has 0 radical (unpaired) electrons. The van der Waals surface area contributed by atoms with E-state index in [1.807, 2.05) is 47.9 Å². The van der Waals surface area contributed by atoms with Crippen molar-refractivity contribution >= 4 is 23.2 Å². The minimum atomic E-state index is -0.214. The van der Waals surface area contributed by atoms with Crippen molar-refractivity contribution in [2.24, 2.45) is 4.99 Å². The number of rotatable bonds is 5. The van der Waals surface area contributed by atoms with Gasteiger partial charge >= 0.3 is 0 Å². The van der Waals surface area contributed by atoms with Crippen LogP contribution in [-0.2, 0) is 0 Å². The number of allylic oxidation sites excluding steroid dienone is 1. The minimum Gasteiger partial charge on any atom is -0.248 e. The molecule has 0 N–H and O–H groups in total. The lowest BCUT2D eigenvalue weighted by Crippen LogP contribution is -1.96. The predicted molar refractivity (Wildman–Crippen MR) is 105 cm³/mol. The summed E-state index contributed by atoms with van der Waals surface area (Å²) in [6.45, 7) is 2.06. The highest BCUT2D eigenvalue weighted by Crippen LogP contribution is 2.23. The Balaban J connectivity index is 1.88. The van der Waals surface area contributed by atoms with E-state index in [4.69, 9.17) is 4.99 Å². The molecule has 3 rings (SSSR count). The van der Waals surface area contributed by atoms with E-state index < -0.39 is 0 Å². The number of para-hydroxylation sites is 1. The zero-order valence-electron chi connectivity index (χ0n) is 13.9. The van der Waals surface area contributed by atoms with E-state index >= 15 is 0 Å². The van der Waals surface area contributed by atoms with Crippen LogP contribution in [0.4, 0.5) is 10.1 Å². The van der Waals surface area contributed by atoms with Crippen LogP contribution in [0.5, 0.6) is 0 Å². The molecule has 124 valence electrons. The van der Waals surface area contributed by atoms with Crippen LogP contribution in [0.15, 0.2) is 100 Å². The average Bonchev–Trinajstić information content (AvgIpc) is 2.64. The lowest BCUT2D eigenvalue weighted by molar-refractivity contribution is 0.602. The van der Waals surface area contributed by atoms with Crippen LogP contribution in [-0.4, -0.2) is 5.71 Å². The Labute approximate surface area is 151 Å². The summed E-state index contributed by atoms with van der Waals surface area (Å²) in [4.78, 5) is 5.33. The van der Waals surface area contributed by atoms with E-state index in [1.54, 1.807) is 12.1 Å². The largest absolute Gasteiger partial charge is 0.248 e. The van der Waals surface area contributed by atoms with E-state index in [-0.39, 0.29) is 5.82 Å². The van der Waals surface area contributed by atoms with Crippen molar-refractivity contribution in [3.63, 3.8) is 0 Å². The quantitative estimate of drug-likeness (QED) is 0.376. The van der Waals surface area contributed by atoms with Gasteiger partial charge in [0.2, 0.25) is 0 Å². The number of aryl methyl sites for hydroxylation is 1. The molecule has 0 aliphatic rings. The second-order valence-corrected chi connectivity index (χ2v) is 6.50. The Hall–Kier alpha value is -2.65. The molecule has 0 aliphatic heterocycles. The van der Waals surface area contributed by atoms with Crippen molar-refractivity contribution in [1.82, 2.24) is 0 Å². The second kappa shape index (κ2) is 8.45. The molecule has 0 heterocycles. The van der Waals surface area contributed by atoms with Gasteiger partial charge in [0.25, 0.3) is 0 Å². The summed E-state index contributed by atoms with van der Waals surface area (Å²) in [6, 6.07) is 24.8. The van der Waals surface area contributed by atoms with Crippen LogP contribution in [0, 0.1) is 12.7 Å². The molecule has 0 bridgehead atoms. The number of nitrogens with zero attached hydrogens (tertiary/aromatic N) is 1. The standard InChI is InChI=1S/C22H18FNS/c1-17-11-13-18(14-12-17)21(24-19-7-3-2-4-8-19)15-16-25-22-10-6-5-9-20(22)23/h2-16H,1H3. The van der Waals surface area contributed by atoms with Gasteiger partial charge in [-0.25, -0.2) is 9.38 Å². The van der Waals surface area contributed by atoms with E-state index in [9.17, 15) is 4.39 Å². The number of hydrogen-bond acceptors (Lipinski definition) is 2. The van der Waals surface area contributed by atoms with E-state index in [1.165, 1.54) is 23.4 Å². The Bertz CT molecular complexity index is 883. The minimum absolute atomic E-state index is 0.214. The molecule has 0 amide bonds. The van der Waals surface area contributed by atoms with Gasteiger partial charge in [-0.3, -0.25) is 0 Å². The first-order valence-electron chi connectivity index (χ1n) is 8.01. The first kappa shape index (κ1) is 17.2. The molecule has 0 atom stereocenters. The Morgan fingerprint density at radius 1 is 0.880 bits per heavy atom. The van der Waals surface area contributed by atoms with Gasteiger partial charge in [-0.05, 0) is 42.7 Å². The maximum Gasteiger partial charge on any atom is 0.137 e. The van der Waals surface area contributed by atoms with Crippen LogP contribution in [0.25, 0.3) is 0 Å². The van der Waals surface area contributed by atoms with E-state index in [2.05, 4.69) is 31.2 Å². The summed E-state index contributed by atoms with van der Waals surface area (Å²) in [5.41, 5.74) is 3.96. The second-order valence-electron chi connectivity index (χ2n) is 5.55. The third-order valence-corrected chi connectivity index (χ3v) is 4.47. The molecule has 0 saturated heterocycles. The summed E-state index contributed by atoms with van der Waals surface area (Å²) in [5.74, 6) is -0.214. The maximum atomic E-state index is 13.7. The molecule has 3 aromatic carbocycles. The average molecular weight is 347 g/mol. The van der Waals surface area contributed by atoms with Gasteiger partial charge < -0.3 is 0 Å². The van der Waals surface area contributed by atoms with Crippen molar-refractivity contribution in [3.05, 3.63) is 107 Å². The van der Waals surface area contributed by atoms with Crippen molar-refractivity contribution in [3.8, 4) is 0 Å². The highest BCUT2D eigenvalue weighted by Gasteiger charge is 2.02. The third kappa shape index (κ3) is 4.91. The molecular formula is C22H18FNS. The molecule has 3 aromatic rings. The van der Waals surface area contributed by atoms with Gasteiger partial charge in [-0.2, -0.15) is 0 Å². The van der Waals surface area contributed by atoms with Crippen LogP contribution in [0.1, 0.15) is 11.1 Å². The van der Waals surface area contributed by atoms with Gasteiger partial charge in [-0.1, -0.05) is 71.9 Å². The van der Waals surface area contributed by atoms with Crippen molar-refractivity contribution in [2.75, 3.05) is 0 Å². The first-order valence-corrected chi connectivity index (χ1v) is 8.89. The Morgan fingerprint density at radius 2 is 1.56 bits per heavy atom. The highest BCUT2D eigenvalue weighted by molar-refractivity contribution is 8.02. The van der Waals surface area contributed by atoms with Crippen LogP contribution in [0.3, 0.4) is 0 Å². The topological polar surface area (TPSA) is 12.4 Å². The van der Waals surface area contributed by atoms with Gasteiger partial charge in [0.05, 0.1) is 11.4 Å². The molecule has 3 heteroatoms. The van der Waals surface area contributed by atoms with Gasteiger partial charge in [0, 0.05) is 10.5 Å². The number of hydrogen-bond donors (Lipinski definition) is 0. The molecule has 0 fully saturated rings. The lowest BCUT2D eigenvalue weighted by Gasteiger charge is -2.04. The molecule has 0 aromatic heterocycles. The normalized spacial score (nSPS) is 11.8. The molecular weight excluding hydrogens is 329 g/mol. The molecule has 0 saturated carbocycles. The molecule has 0 unspecified atom stereocenters. The number of halogens is 1. The summed E-state index contributed by atoms with van der Waals surface area (Å²) < 4.78 is 13.7. The summed E-state index contributed by atoms with van der Waals surface area (Å²) in [5, 5.41) is 1.88. The number of aliphatic imine (C=N–C) groups is 1. The first-order chi connectivity index (χ1) is 12.2. The summed E-state index contributed by atoms with van der Waals surface area (Å²) in [6.07, 6.45) is 1.93. The highest BCUT2D eigenvalue weighted by atomic mass is 32.2. The van der Waals surface area contributed by atoms with Crippen molar-refractivity contribution < 1.29 is 4.39 Å². The predicted octanol–water partition coefficient (Wildman–Crippen LogP) is 6.56. The van der Waals surface area contributed by atoms with E-state index in [0.717, 1.165) is 17.0 Å². The fourth-order valence-electron chi connectivity index (χ4n) is 2.28. The number of thioether (sulfide) groups is 1. The van der Waals surface area contributed by atoms with Crippen molar-refractivity contribution in [1.29, 1.82) is 0 Å². The summed E-state index contributed by atoms with van der Waals surface area (Å²) in [7, 11) is 0. The smallest absolute Gasteiger partial charge is 0.137 e. The van der Waals surface area contributed by atoms with Crippen LogP contribution < -0.4 is 0 Å². The maximum absolute atomic E-state index is 13.7. The number of benzene rings is 3. The molecule has 0 spiro atoms. The Morgan fingerprint density at radius 3 is 2.28 bits per heavy atom. The monoisotopic (exact) mass is 347 g/mol. The van der Waals surface area contributed by atoms with Gasteiger partial charge in [0.1, 0.15) is 5.82 Å². The van der Waals surface area contributed by atoms with Crippen LogP contribution in [0.2, 0.25) is 0 Å². The summed E-state index contributed by atoms with van der Waals surface area (Å²) >= 11 is 1.35. The van der Waals surface area contributed by atoms with Gasteiger partial charge in [0.15, 0.2) is 0 Å². The lowest BCUT2D eigenvalue weighted by atomic mass is 10.1. The fraction of sp³-hybridized carbons (Fsp3) is 0.0455. The molecule has 1 nitrogen and oxygen atoms in total. The molecule has 0 aliphatic carbocycles. The van der Waals surface area contributed by atoms with E-state index in [0.29, 0.717) is 4.90 Å². The fourth-order valence-corrected chi connectivity index (χ4v) is 2.96. The van der Waals surface area contributed by atoms with Crippen LogP contribution >= 0.6 is 11.8 Å². The SMILES string of the molecule is Cc1ccc(C(C=CSc2ccccc2F)=Nc2ccccc2)cc1. The molecule has 25 heavy (non-hydrogen) atoms. The zero-order valence-corrected chi connectivity index (χ0v) is 14.7. The zero-order chi connectivity index (χ0) is 17.5. The Kier molecular flexibility index (Phi) is 5.81.